The summed E-state index contributed by atoms with van der Waals surface area (Å²) in [5, 5.41) is 2.73. The van der Waals surface area contributed by atoms with Crippen LogP contribution in [0.5, 0.6) is 0 Å². The third-order valence-corrected chi connectivity index (χ3v) is 7.47. The maximum atomic E-state index is 13.5. The van der Waals surface area contributed by atoms with Crippen molar-refractivity contribution in [2.45, 2.75) is 38.5 Å². The van der Waals surface area contributed by atoms with Crippen LogP contribution >= 0.6 is 0 Å². The topological polar surface area (TPSA) is 75.4 Å². The van der Waals surface area contributed by atoms with Crippen molar-refractivity contribution in [1.82, 2.24) is 5.32 Å². The summed E-state index contributed by atoms with van der Waals surface area (Å²) < 4.78 is 40.4. The Morgan fingerprint density at radius 1 is 0.951 bits per heavy atom. The van der Waals surface area contributed by atoms with Crippen LogP contribution < -0.4 is 16.0 Å². The number of amides is 2. The summed E-state index contributed by atoms with van der Waals surface area (Å²) in [6, 6.07) is 25.2. The van der Waals surface area contributed by atoms with E-state index in [0.717, 1.165) is 53.4 Å². The van der Waals surface area contributed by atoms with Crippen LogP contribution in [-0.4, -0.2) is 18.4 Å². The zero-order valence-corrected chi connectivity index (χ0v) is 22.5. The summed E-state index contributed by atoms with van der Waals surface area (Å²) in [6.07, 6.45) is -2.78. The number of aryl methyl sites for hydroxylation is 1. The van der Waals surface area contributed by atoms with Gasteiger partial charge in [0.05, 0.1) is 11.6 Å². The molecule has 0 saturated carbocycles. The second-order valence-electron chi connectivity index (χ2n) is 10.3. The number of nitrogens with two attached hydrogens (primary N) is 1. The third-order valence-electron chi connectivity index (χ3n) is 7.47. The number of nitrogens with zero attached hydrogens (tertiary/aromatic N) is 1. The number of fused-ring (bicyclic) bond motifs is 1. The fraction of sp³-hybridized carbons (Fsp3) is 0.212. The maximum absolute atomic E-state index is 13.5. The predicted octanol–water partition coefficient (Wildman–Crippen LogP) is 6.92. The molecule has 1 unspecified atom stereocenters. The van der Waals surface area contributed by atoms with Crippen molar-refractivity contribution >= 4 is 17.5 Å². The van der Waals surface area contributed by atoms with Crippen molar-refractivity contribution in [1.29, 1.82) is 0 Å². The molecule has 1 aliphatic heterocycles. The van der Waals surface area contributed by atoms with Crippen LogP contribution in [0.1, 0.15) is 62.4 Å². The lowest BCUT2D eigenvalue weighted by atomic mass is 9.96. The molecule has 41 heavy (non-hydrogen) atoms. The highest BCUT2D eigenvalue weighted by Crippen LogP contribution is 2.35. The van der Waals surface area contributed by atoms with E-state index in [4.69, 9.17) is 5.73 Å². The minimum atomic E-state index is -4.50. The van der Waals surface area contributed by atoms with Gasteiger partial charge in [0.25, 0.3) is 5.91 Å². The van der Waals surface area contributed by atoms with Gasteiger partial charge >= 0.3 is 6.18 Å². The number of nitrogens with one attached hydrogen (secondary N) is 1. The number of hydrogen-bond donors (Lipinski definition) is 2. The van der Waals surface area contributed by atoms with Crippen molar-refractivity contribution in [2.24, 2.45) is 5.73 Å². The van der Waals surface area contributed by atoms with E-state index in [0.29, 0.717) is 17.7 Å². The van der Waals surface area contributed by atoms with Gasteiger partial charge in [0, 0.05) is 29.9 Å². The molecule has 1 aliphatic rings. The predicted molar refractivity (Wildman–Crippen MR) is 154 cm³/mol. The first-order valence-corrected chi connectivity index (χ1v) is 13.4. The van der Waals surface area contributed by atoms with Gasteiger partial charge in [-0.15, -0.1) is 0 Å². The fourth-order valence-electron chi connectivity index (χ4n) is 5.43. The molecule has 2 amide bonds. The molecule has 8 heteroatoms. The Kier molecular flexibility index (Phi) is 7.83. The van der Waals surface area contributed by atoms with Gasteiger partial charge in [0.15, 0.2) is 0 Å². The van der Waals surface area contributed by atoms with E-state index in [1.807, 2.05) is 48.5 Å². The molecule has 0 bridgehead atoms. The third kappa shape index (κ3) is 6.11. The van der Waals surface area contributed by atoms with Gasteiger partial charge in [0.1, 0.15) is 0 Å². The zero-order valence-electron chi connectivity index (χ0n) is 22.5. The van der Waals surface area contributed by atoms with Crippen LogP contribution in [0.2, 0.25) is 0 Å². The Morgan fingerprint density at radius 2 is 1.66 bits per heavy atom. The highest BCUT2D eigenvalue weighted by molar-refractivity contribution is 5.99. The highest BCUT2D eigenvalue weighted by atomic mass is 19.4. The van der Waals surface area contributed by atoms with Crippen molar-refractivity contribution in [3.8, 4) is 11.1 Å². The van der Waals surface area contributed by atoms with Gasteiger partial charge in [-0.3, -0.25) is 9.59 Å². The van der Waals surface area contributed by atoms with Crippen LogP contribution in [0.15, 0.2) is 91.0 Å². The molecule has 0 aromatic heterocycles. The van der Waals surface area contributed by atoms with Crippen molar-refractivity contribution in [2.75, 3.05) is 11.4 Å². The molecule has 4 aromatic rings. The molecule has 210 valence electrons. The lowest BCUT2D eigenvalue weighted by Crippen LogP contribution is -2.30. The maximum Gasteiger partial charge on any atom is 0.416 e. The lowest BCUT2D eigenvalue weighted by molar-refractivity contribution is -0.138. The van der Waals surface area contributed by atoms with Crippen molar-refractivity contribution < 1.29 is 22.8 Å². The Balaban J connectivity index is 1.30. The van der Waals surface area contributed by atoms with Crippen LogP contribution in [0, 0.1) is 0 Å². The first-order valence-electron chi connectivity index (χ1n) is 13.4. The van der Waals surface area contributed by atoms with Gasteiger partial charge in [-0.25, -0.2) is 0 Å². The van der Waals surface area contributed by atoms with Crippen LogP contribution in [0.3, 0.4) is 0 Å². The molecule has 0 radical (unpaired) electrons. The smallest absolute Gasteiger partial charge is 0.367 e. The SMILES string of the molecule is CC(NC(=O)c1ccc2c(c1)CCCN2Cc1ccc(-c2ccccc2C(N)=O)cc1)c1ccccc1C(F)(F)F. The molecular formula is C33H30F3N3O2. The molecular weight excluding hydrogens is 527 g/mol. The minimum Gasteiger partial charge on any atom is -0.367 e. The molecule has 4 aromatic carbocycles. The normalized spacial score (nSPS) is 13.8. The number of rotatable bonds is 7. The molecule has 0 saturated heterocycles. The van der Waals surface area contributed by atoms with Crippen molar-refractivity contribution in [3.63, 3.8) is 0 Å². The molecule has 1 heterocycles. The van der Waals surface area contributed by atoms with Crippen LogP contribution in [0.25, 0.3) is 11.1 Å². The molecule has 0 spiro atoms. The van der Waals surface area contributed by atoms with Crippen LogP contribution in [-0.2, 0) is 19.1 Å². The summed E-state index contributed by atoms with van der Waals surface area (Å²) in [5.41, 5.74) is 10.6. The fourth-order valence-corrected chi connectivity index (χ4v) is 5.43. The van der Waals surface area contributed by atoms with Gasteiger partial charge in [-0.2, -0.15) is 13.2 Å². The summed E-state index contributed by atoms with van der Waals surface area (Å²) in [4.78, 5) is 27.1. The highest BCUT2D eigenvalue weighted by Gasteiger charge is 2.34. The summed E-state index contributed by atoms with van der Waals surface area (Å²) >= 11 is 0. The largest absolute Gasteiger partial charge is 0.416 e. The van der Waals surface area contributed by atoms with Gasteiger partial charge < -0.3 is 16.0 Å². The molecule has 3 N–H and O–H groups in total. The van der Waals surface area contributed by atoms with E-state index in [1.54, 1.807) is 25.1 Å². The molecule has 0 fully saturated rings. The molecule has 0 aliphatic carbocycles. The minimum absolute atomic E-state index is 0.0293. The summed E-state index contributed by atoms with van der Waals surface area (Å²) in [5.74, 6) is -0.885. The van der Waals surface area contributed by atoms with E-state index >= 15 is 0 Å². The number of anilines is 1. The Bertz CT molecular complexity index is 1580. The number of carbonyl (C=O) groups excluding carboxylic acids is 2. The van der Waals surface area contributed by atoms with E-state index < -0.39 is 29.6 Å². The standard InChI is InChI=1S/C33H30F3N3O2/c1-21(26-8-4-5-11-29(26)33(34,35)36)38-32(41)25-16-17-30-24(19-25)7-6-18-39(30)20-22-12-14-23(15-13-22)27-9-2-3-10-28(27)31(37)40/h2-5,8-17,19,21H,6-7,18,20H2,1H3,(H2,37,40)(H,38,41). The second-order valence-corrected chi connectivity index (χ2v) is 10.3. The number of hydrogen-bond acceptors (Lipinski definition) is 3. The lowest BCUT2D eigenvalue weighted by Gasteiger charge is -2.32. The Labute approximate surface area is 236 Å². The monoisotopic (exact) mass is 557 g/mol. The van der Waals surface area contributed by atoms with Gasteiger partial charge in [0.2, 0.25) is 5.91 Å². The first kappa shape index (κ1) is 28.0. The summed E-state index contributed by atoms with van der Waals surface area (Å²) in [7, 11) is 0. The van der Waals surface area contributed by atoms with E-state index in [9.17, 15) is 22.8 Å². The van der Waals surface area contributed by atoms with Crippen molar-refractivity contribution in [3.05, 3.63) is 124 Å². The summed E-state index contributed by atoms with van der Waals surface area (Å²) in [6.45, 7) is 3.08. The molecule has 5 rings (SSSR count). The number of halogens is 3. The van der Waals surface area contributed by atoms with E-state index in [-0.39, 0.29) is 5.56 Å². The average Bonchev–Trinajstić information content (AvgIpc) is 2.97. The Morgan fingerprint density at radius 3 is 2.39 bits per heavy atom. The molecule has 5 nitrogen and oxygen atoms in total. The van der Waals surface area contributed by atoms with Gasteiger partial charge in [-0.1, -0.05) is 60.7 Å². The number of benzene rings is 4. The molecule has 1 atom stereocenters. The Hall–Kier alpha value is -4.59. The van der Waals surface area contributed by atoms with Gasteiger partial charge in [-0.05, 0) is 77.9 Å². The van der Waals surface area contributed by atoms with E-state index in [2.05, 4.69) is 10.2 Å². The average molecular weight is 558 g/mol. The van der Waals surface area contributed by atoms with Crippen LogP contribution in [0.4, 0.5) is 18.9 Å². The second kappa shape index (κ2) is 11.5. The number of carbonyl (C=O) groups is 2. The number of primary amides is 1. The number of alkyl halides is 3. The first-order chi connectivity index (χ1) is 19.6. The quantitative estimate of drug-likeness (QED) is 0.259. The zero-order chi connectivity index (χ0) is 29.1. The van der Waals surface area contributed by atoms with E-state index in [1.165, 1.54) is 18.2 Å².